The number of halogens is 1. The highest BCUT2D eigenvalue weighted by Crippen LogP contribution is 2.46. The molecule has 0 saturated carbocycles. The van der Waals surface area contributed by atoms with Crippen molar-refractivity contribution >= 4 is 50.9 Å². The van der Waals surface area contributed by atoms with Crippen LogP contribution in [0.25, 0.3) is 44.2 Å². The third kappa shape index (κ3) is 7.40. The molecule has 0 unspecified atom stereocenters. The molecule has 0 saturated heterocycles. The maximum absolute atomic E-state index is 17.2. The summed E-state index contributed by atoms with van der Waals surface area (Å²) in [6.45, 7) is 8.97. The lowest BCUT2D eigenvalue weighted by atomic mass is 9.33. The van der Waals surface area contributed by atoms with E-state index in [1.165, 1.54) is 44.0 Å². The van der Waals surface area contributed by atoms with Gasteiger partial charge in [0, 0.05) is 28.6 Å². The smallest absolute Gasteiger partial charge is 0.243 e. The molecule has 9 rings (SSSR count). The second-order valence-electron chi connectivity index (χ2n) is 15.9. The molecule has 296 valence electrons. The van der Waals surface area contributed by atoms with Crippen LogP contribution in [0.5, 0.6) is 5.75 Å². The number of ether oxygens (including phenoxy) is 1. The van der Waals surface area contributed by atoms with Gasteiger partial charge < -0.3 is 9.64 Å². The van der Waals surface area contributed by atoms with Crippen LogP contribution in [0.3, 0.4) is 0 Å². The SMILES string of the molecule is COc1cc(N(c2ccccc2)c2c(F)cc(-c3ccccc3)cc2-c2ccccc2)ccc1-c1ccc(B(c2c(C)cccc2C)c2c(C)cccc2C)c2ccccc12. The fourth-order valence-electron chi connectivity index (χ4n) is 9.32. The summed E-state index contributed by atoms with van der Waals surface area (Å²) in [4.78, 5) is 2.01. The molecule has 0 aliphatic rings. The van der Waals surface area contributed by atoms with Gasteiger partial charge in [-0.15, -0.1) is 0 Å². The molecule has 0 atom stereocenters. The summed E-state index contributed by atoms with van der Waals surface area (Å²) < 4.78 is 23.5. The van der Waals surface area contributed by atoms with E-state index in [0.717, 1.165) is 50.1 Å². The molecule has 0 spiro atoms. The van der Waals surface area contributed by atoms with E-state index in [-0.39, 0.29) is 12.5 Å². The fraction of sp³-hybridized carbons (Fsp3) is 0.0877. The van der Waals surface area contributed by atoms with E-state index in [4.69, 9.17) is 4.74 Å². The maximum atomic E-state index is 17.2. The molecule has 2 nitrogen and oxygen atoms in total. The van der Waals surface area contributed by atoms with Crippen LogP contribution in [0.1, 0.15) is 22.3 Å². The number of aryl methyl sites for hydroxylation is 4. The van der Waals surface area contributed by atoms with Crippen molar-refractivity contribution in [2.24, 2.45) is 0 Å². The zero-order chi connectivity index (χ0) is 42.0. The number of nitrogens with zero attached hydrogens (tertiary/aromatic N) is 1. The Bertz CT molecular complexity index is 2930. The van der Waals surface area contributed by atoms with Gasteiger partial charge in [0.25, 0.3) is 0 Å². The monoisotopic (exact) mass is 791 g/mol. The van der Waals surface area contributed by atoms with Crippen LogP contribution in [-0.2, 0) is 0 Å². The molecule has 0 aliphatic heterocycles. The topological polar surface area (TPSA) is 12.5 Å². The van der Waals surface area contributed by atoms with Crippen molar-refractivity contribution in [3.8, 4) is 39.1 Å². The predicted molar refractivity (Wildman–Crippen MR) is 258 cm³/mol. The van der Waals surface area contributed by atoms with Crippen molar-refractivity contribution in [1.82, 2.24) is 0 Å². The van der Waals surface area contributed by atoms with Gasteiger partial charge in [-0.25, -0.2) is 4.39 Å². The van der Waals surface area contributed by atoms with Crippen molar-refractivity contribution in [2.75, 3.05) is 12.0 Å². The zero-order valence-electron chi connectivity index (χ0n) is 35.3. The number of hydrogen-bond acceptors (Lipinski definition) is 2. The Morgan fingerprint density at radius 1 is 0.426 bits per heavy atom. The van der Waals surface area contributed by atoms with Crippen molar-refractivity contribution < 1.29 is 9.13 Å². The molecule has 4 heteroatoms. The number of fused-ring (bicyclic) bond motifs is 1. The molecule has 9 aromatic rings. The van der Waals surface area contributed by atoms with E-state index in [9.17, 15) is 0 Å². The van der Waals surface area contributed by atoms with Crippen LogP contribution in [-0.4, -0.2) is 13.8 Å². The van der Waals surface area contributed by atoms with Gasteiger partial charge in [-0.3, -0.25) is 0 Å². The number of para-hydroxylation sites is 1. The van der Waals surface area contributed by atoms with E-state index in [1.54, 1.807) is 13.2 Å². The van der Waals surface area contributed by atoms with Gasteiger partial charge in [-0.2, -0.15) is 0 Å². The fourth-order valence-corrected chi connectivity index (χ4v) is 9.32. The Hall–Kier alpha value is -7.17. The van der Waals surface area contributed by atoms with Crippen LogP contribution in [0.15, 0.2) is 194 Å². The second kappa shape index (κ2) is 16.8. The largest absolute Gasteiger partial charge is 0.496 e. The van der Waals surface area contributed by atoms with Crippen LogP contribution in [0, 0.1) is 33.5 Å². The molecule has 0 amide bonds. The van der Waals surface area contributed by atoms with Crippen LogP contribution >= 0.6 is 0 Å². The molecule has 0 radical (unpaired) electrons. The van der Waals surface area contributed by atoms with Gasteiger partial charge in [0.05, 0.1) is 12.8 Å². The van der Waals surface area contributed by atoms with Crippen LogP contribution in [0.2, 0.25) is 0 Å². The lowest BCUT2D eigenvalue weighted by Gasteiger charge is -2.29. The normalized spacial score (nSPS) is 11.1. The van der Waals surface area contributed by atoms with Gasteiger partial charge in [0.15, 0.2) is 0 Å². The van der Waals surface area contributed by atoms with Gasteiger partial charge >= 0.3 is 0 Å². The van der Waals surface area contributed by atoms with Gasteiger partial charge in [-0.1, -0.05) is 190 Å². The molecule has 9 aromatic carbocycles. The number of benzene rings is 9. The van der Waals surface area contributed by atoms with E-state index in [0.29, 0.717) is 11.4 Å². The second-order valence-corrected chi connectivity index (χ2v) is 15.9. The standard InChI is InChI=1S/C57H47BFNO/c1-38-19-17-20-39(2)55(38)58(56-40(3)21-18-22-41(56)4)52-34-33-48(47-29-15-16-30-49(47)52)50-32-31-46(37-54(50)61-5)60(45-27-13-8-14-28-45)57-51(43-25-11-7-12-26-43)35-44(36-53(57)59)42-23-9-6-10-24-42/h6-37H,1-5H3. The highest BCUT2D eigenvalue weighted by atomic mass is 19.1. The molecule has 0 bridgehead atoms. The van der Waals surface area contributed by atoms with Crippen LogP contribution < -0.4 is 26.0 Å². The molecule has 0 heterocycles. The van der Waals surface area contributed by atoms with Crippen molar-refractivity contribution in [3.05, 3.63) is 222 Å². The summed E-state index contributed by atoms with van der Waals surface area (Å²) in [6.07, 6.45) is 0. The van der Waals surface area contributed by atoms with Crippen molar-refractivity contribution in [1.29, 1.82) is 0 Å². The number of methoxy groups -OCH3 is 1. The maximum Gasteiger partial charge on any atom is 0.243 e. The number of rotatable bonds is 10. The number of hydrogen-bond donors (Lipinski definition) is 0. The molecule has 0 fully saturated rings. The summed E-state index contributed by atoms with van der Waals surface area (Å²) in [6, 6.07) is 66.6. The molecule has 0 aromatic heterocycles. The Balaban J connectivity index is 1.23. The summed E-state index contributed by atoms with van der Waals surface area (Å²) in [5.74, 6) is 0.371. The summed E-state index contributed by atoms with van der Waals surface area (Å²) in [5, 5.41) is 2.34. The minimum atomic E-state index is -0.323. The van der Waals surface area contributed by atoms with Crippen molar-refractivity contribution in [2.45, 2.75) is 27.7 Å². The third-order valence-electron chi connectivity index (χ3n) is 12.2. The number of anilines is 3. The summed E-state index contributed by atoms with van der Waals surface area (Å²) in [7, 11) is 1.72. The summed E-state index contributed by atoms with van der Waals surface area (Å²) >= 11 is 0. The van der Waals surface area contributed by atoms with E-state index in [1.807, 2.05) is 102 Å². The van der Waals surface area contributed by atoms with Crippen molar-refractivity contribution in [3.63, 3.8) is 0 Å². The van der Waals surface area contributed by atoms with Crippen LogP contribution in [0.4, 0.5) is 21.5 Å². The Morgan fingerprint density at radius 2 is 0.951 bits per heavy atom. The minimum Gasteiger partial charge on any atom is -0.496 e. The quantitative estimate of drug-likeness (QED) is 0.128. The van der Waals surface area contributed by atoms with Gasteiger partial charge in [0.2, 0.25) is 6.71 Å². The van der Waals surface area contributed by atoms with Gasteiger partial charge in [-0.05, 0) is 97.1 Å². The third-order valence-corrected chi connectivity index (χ3v) is 12.2. The Labute approximate surface area is 359 Å². The first kappa shape index (κ1) is 39.3. The average Bonchev–Trinajstić information content (AvgIpc) is 3.29. The van der Waals surface area contributed by atoms with E-state index >= 15 is 4.39 Å². The molecule has 61 heavy (non-hydrogen) atoms. The molecule has 0 N–H and O–H groups in total. The van der Waals surface area contributed by atoms with Gasteiger partial charge in [0.1, 0.15) is 11.6 Å². The first-order valence-corrected chi connectivity index (χ1v) is 20.9. The highest BCUT2D eigenvalue weighted by Gasteiger charge is 2.30. The zero-order valence-corrected chi connectivity index (χ0v) is 35.3. The summed E-state index contributed by atoms with van der Waals surface area (Å²) in [5.41, 5.74) is 16.7. The first-order chi connectivity index (χ1) is 29.8. The van der Waals surface area contributed by atoms with E-state index in [2.05, 4.69) is 119 Å². The average molecular weight is 792 g/mol. The molecule has 0 aliphatic carbocycles. The Kier molecular flexibility index (Phi) is 10.8. The van der Waals surface area contributed by atoms with E-state index < -0.39 is 0 Å². The highest BCUT2D eigenvalue weighted by molar-refractivity contribution is 6.98. The minimum absolute atomic E-state index is 0.0343. The first-order valence-electron chi connectivity index (χ1n) is 20.9. The lowest BCUT2D eigenvalue weighted by Crippen LogP contribution is -2.56. The molecular weight excluding hydrogens is 744 g/mol. The lowest BCUT2D eigenvalue weighted by molar-refractivity contribution is 0.416. The Morgan fingerprint density at radius 3 is 1.54 bits per heavy atom. The molecular formula is C57H47BFNO. The predicted octanol–water partition coefficient (Wildman–Crippen LogP) is 13.2.